The van der Waals surface area contributed by atoms with Crippen molar-refractivity contribution in [1.29, 1.82) is 0 Å². The molecule has 24 heavy (non-hydrogen) atoms. The van der Waals surface area contributed by atoms with Crippen molar-refractivity contribution in [2.75, 3.05) is 17.6 Å². The number of rotatable bonds is 6. The molecule has 0 aliphatic heterocycles. The third kappa shape index (κ3) is 3.31. The summed E-state index contributed by atoms with van der Waals surface area (Å²) in [7, 11) is 0. The van der Waals surface area contributed by atoms with Crippen molar-refractivity contribution < 1.29 is 5.11 Å². The number of halogens is 1. The van der Waals surface area contributed by atoms with E-state index >= 15 is 0 Å². The van der Waals surface area contributed by atoms with Crippen LogP contribution in [0.3, 0.4) is 0 Å². The van der Waals surface area contributed by atoms with Crippen LogP contribution in [0.1, 0.15) is 19.8 Å². The number of nitrogens with one attached hydrogen (secondary N) is 1. The third-order valence-electron chi connectivity index (χ3n) is 4.31. The van der Waals surface area contributed by atoms with Gasteiger partial charge in [-0.3, -0.25) is 4.79 Å². The maximum Gasteiger partial charge on any atom is 0.292 e. The minimum atomic E-state index is -0.752. The number of anilines is 1. The van der Waals surface area contributed by atoms with Gasteiger partial charge in [-0.05, 0) is 30.7 Å². The predicted octanol–water partition coefficient (Wildman–Crippen LogP) is 2.94. The lowest BCUT2D eigenvalue weighted by atomic mass is 9.79. The molecule has 0 radical (unpaired) electrons. The summed E-state index contributed by atoms with van der Waals surface area (Å²) in [6.07, 6.45) is 3.29. The van der Waals surface area contributed by atoms with Crippen LogP contribution < -0.4 is 10.9 Å². The first-order valence-corrected chi connectivity index (χ1v) is 9.39. The number of hydrogen-bond donors (Lipinski definition) is 2. The molecule has 7 heteroatoms. The zero-order chi connectivity index (χ0) is 17.2. The molecule has 2 atom stereocenters. The molecule has 2 aromatic rings. The van der Waals surface area contributed by atoms with Crippen LogP contribution in [0, 0.1) is 0 Å². The van der Waals surface area contributed by atoms with Gasteiger partial charge in [0.25, 0.3) is 5.56 Å². The highest BCUT2D eigenvalue weighted by Crippen LogP contribution is 2.41. The van der Waals surface area contributed by atoms with Crippen molar-refractivity contribution in [1.82, 2.24) is 9.78 Å². The van der Waals surface area contributed by atoms with Crippen LogP contribution in [0.2, 0.25) is 5.02 Å². The number of thioether (sulfide) groups is 1. The molecule has 128 valence electrons. The summed E-state index contributed by atoms with van der Waals surface area (Å²) < 4.78 is 1.27. The van der Waals surface area contributed by atoms with E-state index in [0.717, 1.165) is 18.6 Å². The Labute approximate surface area is 150 Å². The minimum absolute atomic E-state index is 0.0801. The average molecular weight is 366 g/mol. The molecule has 3 rings (SSSR count). The van der Waals surface area contributed by atoms with E-state index in [2.05, 4.69) is 17.3 Å². The zero-order valence-corrected chi connectivity index (χ0v) is 15.0. The van der Waals surface area contributed by atoms with E-state index in [4.69, 9.17) is 11.6 Å². The van der Waals surface area contributed by atoms with Crippen LogP contribution in [0.4, 0.5) is 5.69 Å². The zero-order valence-electron chi connectivity index (χ0n) is 13.4. The number of aromatic nitrogens is 2. The van der Waals surface area contributed by atoms with Crippen LogP contribution in [-0.2, 0) is 0 Å². The number of para-hydroxylation sites is 1. The molecule has 5 nitrogen and oxygen atoms in total. The maximum absolute atomic E-state index is 12.4. The molecule has 0 spiro atoms. The van der Waals surface area contributed by atoms with E-state index in [1.807, 2.05) is 18.2 Å². The smallest absolute Gasteiger partial charge is 0.292 e. The molecular formula is C17H20ClN3O2S. The van der Waals surface area contributed by atoms with Crippen molar-refractivity contribution in [3.63, 3.8) is 0 Å². The van der Waals surface area contributed by atoms with Gasteiger partial charge < -0.3 is 10.4 Å². The normalized spacial score (nSPS) is 22.9. The predicted molar refractivity (Wildman–Crippen MR) is 99.4 cm³/mol. The fraction of sp³-hybridized carbons (Fsp3) is 0.412. The number of hydrogen-bond acceptors (Lipinski definition) is 5. The molecule has 2 N–H and O–H groups in total. The van der Waals surface area contributed by atoms with Crippen molar-refractivity contribution in [3.8, 4) is 5.69 Å². The van der Waals surface area contributed by atoms with Crippen LogP contribution in [0.25, 0.3) is 5.69 Å². The molecule has 1 aromatic heterocycles. The van der Waals surface area contributed by atoms with Crippen molar-refractivity contribution in [2.24, 2.45) is 0 Å². The molecule has 0 saturated heterocycles. The largest absolute Gasteiger partial charge is 0.387 e. The van der Waals surface area contributed by atoms with Crippen LogP contribution in [0.15, 0.2) is 41.3 Å². The summed E-state index contributed by atoms with van der Waals surface area (Å²) in [6, 6.07) is 9.13. The fourth-order valence-electron chi connectivity index (χ4n) is 2.79. The van der Waals surface area contributed by atoms with E-state index in [1.165, 1.54) is 10.9 Å². The van der Waals surface area contributed by atoms with Gasteiger partial charge in [0.2, 0.25) is 0 Å². The highest BCUT2D eigenvalue weighted by Gasteiger charge is 2.45. The molecule has 1 aliphatic rings. The van der Waals surface area contributed by atoms with Crippen LogP contribution in [0.5, 0.6) is 0 Å². The van der Waals surface area contributed by atoms with Gasteiger partial charge in [-0.2, -0.15) is 21.5 Å². The highest BCUT2D eigenvalue weighted by atomic mass is 35.5. The van der Waals surface area contributed by atoms with Gasteiger partial charge in [-0.1, -0.05) is 36.7 Å². The monoisotopic (exact) mass is 365 g/mol. The Balaban J connectivity index is 1.76. The summed E-state index contributed by atoms with van der Waals surface area (Å²) >= 11 is 7.98. The van der Waals surface area contributed by atoms with Gasteiger partial charge in [0.1, 0.15) is 5.02 Å². The second-order valence-corrected chi connectivity index (χ2v) is 7.72. The summed E-state index contributed by atoms with van der Waals surface area (Å²) in [5.41, 5.74) is -0.0199. The number of benzene rings is 1. The first-order chi connectivity index (χ1) is 11.5. The Morgan fingerprint density at radius 1 is 1.46 bits per heavy atom. The maximum atomic E-state index is 12.4. The lowest BCUT2D eigenvalue weighted by Crippen LogP contribution is -2.54. The average Bonchev–Trinajstić information content (AvgIpc) is 2.60. The number of nitrogens with zero attached hydrogens (tertiary/aromatic N) is 2. The first-order valence-electron chi connectivity index (χ1n) is 7.96. The molecular weight excluding hydrogens is 346 g/mol. The Morgan fingerprint density at radius 2 is 2.21 bits per heavy atom. The topological polar surface area (TPSA) is 67.2 Å². The van der Waals surface area contributed by atoms with Crippen molar-refractivity contribution in [3.05, 3.63) is 51.9 Å². The molecule has 1 aliphatic carbocycles. The summed E-state index contributed by atoms with van der Waals surface area (Å²) in [6.45, 7) is 2.45. The van der Waals surface area contributed by atoms with E-state index < -0.39 is 5.60 Å². The van der Waals surface area contributed by atoms with Gasteiger partial charge >= 0.3 is 0 Å². The van der Waals surface area contributed by atoms with Gasteiger partial charge in [-0.25, -0.2) is 0 Å². The van der Waals surface area contributed by atoms with Gasteiger partial charge in [-0.15, -0.1) is 0 Å². The van der Waals surface area contributed by atoms with Gasteiger partial charge in [0, 0.05) is 11.8 Å². The molecule has 0 amide bonds. The highest BCUT2D eigenvalue weighted by molar-refractivity contribution is 8.00. The Morgan fingerprint density at radius 3 is 2.83 bits per heavy atom. The van der Waals surface area contributed by atoms with E-state index in [-0.39, 0.29) is 15.8 Å². The molecule has 2 unspecified atom stereocenters. The minimum Gasteiger partial charge on any atom is -0.387 e. The lowest BCUT2D eigenvalue weighted by Gasteiger charge is -2.45. The van der Waals surface area contributed by atoms with Gasteiger partial charge in [0.05, 0.1) is 23.2 Å². The second-order valence-electron chi connectivity index (χ2n) is 5.86. The standard InChI is InChI=1S/C17H20ClN3O2S/c1-2-24-14-8-9-17(14,23)11-19-13-10-20-21(16(22)15(13)18)12-6-4-3-5-7-12/h3-7,10,14,19,23H,2,8-9,11H2,1H3. The molecule has 0 bridgehead atoms. The van der Waals surface area contributed by atoms with E-state index in [1.54, 1.807) is 23.9 Å². The SMILES string of the molecule is CCSC1CCC1(O)CNc1cnn(-c2ccccc2)c(=O)c1Cl. The quantitative estimate of drug-likeness (QED) is 0.823. The third-order valence-corrected chi connectivity index (χ3v) is 6.09. The summed E-state index contributed by atoms with van der Waals surface area (Å²) in [4.78, 5) is 12.4. The van der Waals surface area contributed by atoms with Crippen molar-refractivity contribution >= 4 is 29.1 Å². The van der Waals surface area contributed by atoms with Crippen LogP contribution in [-0.4, -0.2) is 38.0 Å². The van der Waals surface area contributed by atoms with E-state index in [9.17, 15) is 9.90 Å². The van der Waals surface area contributed by atoms with Crippen molar-refractivity contribution in [2.45, 2.75) is 30.6 Å². The fourth-order valence-corrected chi connectivity index (χ4v) is 4.19. The lowest BCUT2D eigenvalue weighted by molar-refractivity contribution is -0.0120. The molecule has 1 aromatic carbocycles. The molecule has 1 saturated carbocycles. The Kier molecular flexibility index (Phi) is 5.18. The first kappa shape index (κ1) is 17.3. The Hall–Kier alpha value is -1.50. The number of aliphatic hydroxyl groups is 1. The van der Waals surface area contributed by atoms with Gasteiger partial charge in [0.15, 0.2) is 0 Å². The second kappa shape index (κ2) is 7.17. The molecule has 1 fully saturated rings. The molecule has 1 heterocycles. The summed E-state index contributed by atoms with van der Waals surface area (Å²) in [5, 5.41) is 18.2. The Bertz CT molecular complexity index is 768. The summed E-state index contributed by atoms with van der Waals surface area (Å²) in [5.74, 6) is 0.975. The van der Waals surface area contributed by atoms with Crippen LogP contribution >= 0.6 is 23.4 Å². The van der Waals surface area contributed by atoms with E-state index in [0.29, 0.717) is 17.9 Å².